The molecule has 4 aliphatic rings. The second-order valence-electron chi connectivity index (χ2n) is 8.84. The number of hydrogen-bond acceptors (Lipinski definition) is 5. The van der Waals surface area contributed by atoms with Gasteiger partial charge in [0.05, 0.1) is 19.1 Å². The van der Waals surface area contributed by atoms with Crippen molar-refractivity contribution in [3.8, 4) is 0 Å². The average molecular weight is 348 g/mol. The van der Waals surface area contributed by atoms with Gasteiger partial charge in [-0.25, -0.2) is 4.79 Å². The van der Waals surface area contributed by atoms with E-state index in [-0.39, 0.29) is 34.6 Å². The molecule has 4 rings (SSSR count). The van der Waals surface area contributed by atoms with Crippen LogP contribution in [-0.4, -0.2) is 36.4 Å². The van der Waals surface area contributed by atoms with E-state index in [1.165, 1.54) is 0 Å². The first-order chi connectivity index (χ1) is 11.9. The molecule has 0 amide bonds. The molecular formula is C20H28O5. The summed E-state index contributed by atoms with van der Waals surface area (Å²) in [7, 11) is 0. The summed E-state index contributed by atoms with van der Waals surface area (Å²) in [5.74, 6) is 0.496. The van der Waals surface area contributed by atoms with Crippen LogP contribution in [0.1, 0.15) is 52.4 Å². The van der Waals surface area contributed by atoms with Gasteiger partial charge >= 0.3 is 11.9 Å². The Hall–Kier alpha value is -1.36. The lowest BCUT2D eigenvalue weighted by Crippen LogP contribution is -2.56. The highest BCUT2D eigenvalue weighted by atomic mass is 16.5. The maximum absolute atomic E-state index is 12.2. The maximum atomic E-state index is 12.2. The number of hydrogen-bond donors (Lipinski definition) is 1. The highest BCUT2D eigenvalue weighted by molar-refractivity contribution is 5.92. The van der Waals surface area contributed by atoms with E-state index in [2.05, 4.69) is 13.8 Å². The smallest absolute Gasteiger partial charge is 0.334 e. The molecule has 6 atom stereocenters. The molecule has 2 heterocycles. The third kappa shape index (κ3) is 2.46. The van der Waals surface area contributed by atoms with Gasteiger partial charge in [-0.3, -0.25) is 4.79 Å². The van der Waals surface area contributed by atoms with E-state index in [1.54, 1.807) is 0 Å². The Labute approximate surface area is 148 Å². The monoisotopic (exact) mass is 348 g/mol. The molecule has 0 aromatic heterocycles. The summed E-state index contributed by atoms with van der Waals surface area (Å²) in [4.78, 5) is 23.6. The summed E-state index contributed by atoms with van der Waals surface area (Å²) in [6, 6.07) is 0. The molecule has 0 aromatic rings. The van der Waals surface area contributed by atoms with Crippen molar-refractivity contribution in [1.29, 1.82) is 0 Å². The number of rotatable bonds is 3. The molecule has 5 heteroatoms. The van der Waals surface area contributed by atoms with Crippen molar-refractivity contribution >= 4 is 11.9 Å². The normalized spacial score (nSPS) is 46.1. The number of esters is 2. The van der Waals surface area contributed by atoms with E-state index in [9.17, 15) is 14.7 Å². The summed E-state index contributed by atoms with van der Waals surface area (Å²) in [6.45, 7) is 5.35. The van der Waals surface area contributed by atoms with E-state index in [0.29, 0.717) is 32.0 Å². The van der Waals surface area contributed by atoms with Crippen LogP contribution in [0.5, 0.6) is 0 Å². The molecule has 25 heavy (non-hydrogen) atoms. The van der Waals surface area contributed by atoms with Crippen molar-refractivity contribution in [2.45, 2.75) is 58.5 Å². The van der Waals surface area contributed by atoms with E-state index < -0.39 is 6.10 Å². The zero-order valence-electron chi connectivity index (χ0n) is 15.1. The van der Waals surface area contributed by atoms with Crippen LogP contribution in [0, 0.1) is 28.6 Å². The van der Waals surface area contributed by atoms with Crippen molar-refractivity contribution in [1.82, 2.24) is 0 Å². The van der Waals surface area contributed by atoms with Gasteiger partial charge in [-0.2, -0.15) is 0 Å². The third-order valence-electron chi connectivity index (χ3n) is 7.70. The first-order valence-corrected chi connectivity index (χ1v) is 9.58. The number of cyclic esters (lactones) is 2. The summed E-state index contributed by atoms with van der Waals surface area (Å²) in [6.07, 6.45) is 6.55. The van der Waals surface area contributed by atoms with Crippen LogP contribution in [-0.2, 0) is 19.1 Å². The predicted octanol–water partition coefficient (Wildman–Crippen LogP) is 2.62. The van der Waals surface area contributed by atoms with Crippen LogP contribution < -0.4 is 0 Å². The Morgan fingerprint density at radius 1 is 1.32 bits per heavy atom. The van der Waals surface area contributed by atoms with E-state index in [1.807, 2.05) is 6.08 Å². The fourth-order valence-electron chi connectivity index (χ4n) is 6.04. The molecule has 1 saturated carbocycles. The van der Waals surface area contributed by atoms with Crippen LogP contribution in [0.2, 0.25) is 0 Å². The lowest BCUT2D eigenvalue weighted by Gasteiger charge is -2.58. The zero-order valence-corrected chi connectivity index (χ0v) is 15.1. The van der Waals surface area contributed by atoms with Gasteiger partial charge < -0.3 is 14.6 Å². The summed E-state index contributed by atoms with van der Waals surface area (Å²) < 4.78 is 10.6. The average Bonchev–Trinajstić information content (AvgIpc) is 3.15. The maximum Gasteiger partial charge on any atom is 0.334 e. The third-order valence-corrected chi connectivity index (χ3v) is 7.70. The van der Waals surface area contributed by atoms with Crippen LogP contribution >= 0.6 is 0 Å². The van der Waals surface area contributed by atoms with Gasteiger partial charge in [0.25, 0.3) is 0 Å². The number of aliphatic hydroxyl groups is 1. The van der Waals surface area contributed by atoms with Crippen molar-refractivity contribution < 1.29 is 24.2 Å². The highest BCUT2D eigenvalue weighted by Crippen LogP contribution is 2.64. The molecule has 1 N–H and O–H groups in total. The highest BCUT2D eigenvalue weighted by Gasteiger charge is 2.63. The molecular weight excluding hydrogens is 320 g/mol. The summed E-state index contributed by atoms with van der Waals surface area (Å²) in [5, 5.41) is 10.8. The fourth-order valence-corrected chi connectivity index (χ4v) is 6.04. The standard InChI is InChI=1S/C20H28O5/c1-12-15(21)9-20-11-25-18(23)14(20)4-3-5-16(20)19(12,2)7-6-13-8-17(22)24-10-13/h4,12-13,15-16,21H,3,5-11H2,1-2H3/t12-,13-,15-,16-,19+,20+/m1/s1. The number of carbonyl (C=O) groups is 2. The Bertz CT molecular complexity index is 626. The van der Waals surface area contributed by atoms with Crippen LogP contribution in [0.3, 0.4) is 0 Å². The van der Waals surface area contributed by atoms with Gasteiger partial charge in [-0.15, -0.1) is 0 Å². The van der Waals surface area contributed by atoms with Crippen LogP contribution in [0.25, 0.3) is 0 Å². The Morgan fingerprint density at radius 2 is 2.12 bits per heavy atom. The van der Waals surface area contributed by atoms with Gasteiger partial charge in [0.15, 0.2) is 0 Å². The topological polar surface area (TPSA) is 72.8 Å². The largest absolute Gasteiger partial charge is 0.465 e. The molecule has 138 valence electrons. The minimum absolute atomic E-state index is 0.0726. The molecule has 2 saturated heterocycles. The first kappa shape index (κ1) is 17.1. The molecule has 0 unspecified atom stereocenters. The molecule has 2 aliphatic heterocycles. The molecule has 1 spiro atoms. The predicted molar refractivity (Wildman–Crippen MR) is 90.4 cm³/mol. The first-order valence-electron chi connectivity index (χ1n) is 9.58. The number of allylic oxidation sites excluding steroid dienone is 1. The number of carbonyl (C=O) groups excluding carboxylic acids is 2. The molecule has 3 fully saturated rings. The zero-order chi connectivity index (χ0) is 17.8. The fraction of sp³-hybridized carbons (Fsp3) is 0.800. The molecule has 0 aromatic carbocycles. The number of aliphatic hydroxyl groups excluding tert-OH is 1. The molecule has 2 aliphatic carbocycles. The van der Waals surface area contributed by atoms with Crippen molar-refractivity contribution in [2.75, 3.05) is 13.2 Å². The molecule has 0 bridgehead atoms. The van der Waals surface area contributed by atoms with Crippen LogP contribution in [0.15, 0.2) is 11.6 Å². The minimum atomic E-state index is -0.432. The van der Waals surface area contributed by atoms with E-state index >= 15 is 0 Å². The number of ether oxygens (including phenoxy) is 2. The van der Waals surface area contributed by atoms with Crippen molar-refractivity contribution in [2.24, 2.45) is 28.6 Å². The molecule has 5 nitrogen and oxygen atoms in total. The van der Waals surface area contributed by atoms with Gasteiger partial charge in [0.1, 0.15) is 6.61 Å². The van der Waals surface area contributed by atoms with Crippen molar-refractivity contribution in [3.05, 3.63) is 11.6 Å². The van der Waals surface area contributed by atoms with Crippen molar-refractivity contribution in [3.63, 3.8) is 0 Å². The Balaban J connectivity index is 1.62. The molecule has 0 radical (unpaired) electrons. The summed E-state index contributed by atoms with van der Waals surface area (Å²) >= 11 is 0. The Morgan fingerprint density at radius 3 is 2.84 bits per heavy atom. The second kappa shape index (κ2) is 5.83. The Kier molecular flexibility index (Phi) is 3.98. The van der Waals surface area contributed by atoms with Gasteiger partial charge in [0.2, 0.25) is 0 Å². The second-order valence-corrected chi connectivity index (χ2v) is 8.84. The van der Waals surface area contributed by atoms with Gasteiger partial charge in [-0.1, -0.05) is 19.9 Å². The van der Waals surface area contributed by atoms with Crippen LogP contribution in [0.4, 0.5) is 0 Å². The quantitative estimate of drug-likeness (QED) is 0.794. The van der Waals surface area contributed by atoms with E-state index in [0.717, 1.165) is 31.3 Å². The van der Waals surface area contributed by atoms with Gasteiger partial charge in [-0.05, 0) is 49.4 Å². The lowest BCUT2D eigenvalue weighted by atomic mass is 9.46. The SMILES string of the molecule is C[C@@H]1[C@H](O)C[C@]23COC(=O)C2=CCC[C@@H]3[C@@]1(C)CC[C@H]1COC(=O)C1. The lowest BCUT2D eigenvalue weighted by molar-refractivity contribution is -0.139. The summed E-state index contributed by atoms with van der Waals surface area (Å²) in [5.41, 5.74) is 0.412. The van der Waals surface area contributed by atoms with E-state index in [4.69, 9.17) is 9.47 Å². The van der Waals surface area contributed by atoms with Gasteiger partial charge in [0, 0.05) is 16.9 Å². The minimum Gasteiger partial charge on any atom is -0.465 e.